The molecule has 0 spiro atoms. The molecule has 8 nitrogen and oxygen atoms in total. The van der Waals surface area contributed by atoms with Gasteiger partial charge in [-0.2, -0.15) is 0 Å². The Balaban J connectivity index is 2.14. The first-order valence-electron chi connectivity index (χ1n) is 7.58. The minimum atomic E-state index is -1.09. The minimum Gasteiger partial charge on any atom is -0.480 e. The number of H-pyrrole nitrogens is 1. The summed E-state index contributed by atoms with van der Waals surface area (Å²) >= 11 is 0. The molecule has 0 radical (unpaired) electrons. The molecule has 0 aliphatic heterocycles. The molecule has 2 heterocycles. The number of aliphatic carboxylic acids is 1. The highest BCUT2D eigenvalue weighted by atomic mass is 16.4. The summed E-state index contributed by atoms with van der Waals surface area (Å²) in [6.45, 7) is 3.15. The molecular formula is C16H20N4O4. The number of nitrogens with zero attached hydrogens (tertiary/aromatic N) is 2. The van der Waals surface area contributed by atoms with Crippen LogP contribution in [0.4, 0.5) is 0 Å². The van der Waals surface area contributed by atoms with Crippen LogP contribution in [0.25, 0.3) is 11.0 Å². The number of pyridine rings is 1. The number of carboxylic acid groups (broad SMARTS) is 1. The van der Waals surface area contributed by atoms with Crippen molar-refractivity contribution in [1.82, 2.24) is 20.2 Å². The number of carboxylic acids is 1. The predicted octanol–water partition coefficient (Wildman–Crippen LogP) is 0.543. The number of nitrogens with one attached hydrogen (secondary N) is 2. The van der Waals surface area contributed by atoms with Gasteiger partial charge in [0.05, 0.1) is 6.42 Å². The van der Waals surface area contributed by atoms with E-state index in [-0.39, 0.29) is 31.3 Å². The first-order chi connectivity index (χ1) is 11.4. The molecule has 24 heavy (non-hydrogen) atoms. The maximum atomic E-state index is 12.6. The summed E-state index contributed by atoms with van der Waals surface area (Å²) < 4.78 is 0. The fraction of sp³-hybridized carbons (Fsp3) is 0.375. The Kier molecular flexibility index (Phi) is 5.51. The molecule has 0 aliphatic carbocycles. The first-order valence-corrected chi connectivity index (χ1v) is 7.58. The van der Waals surface area contributed by atoms with Gasteiger partial charge in [-0.05, 0) is 24.6 Å². The molecule has 8 heteroatoms. The highest BCUT2D eigenvalue weighted by Gasteiger charge is 2.25. The van der Waals surface area contributed by atoms with Crippen LogP contribution in [0.5, 0.6) is 0 Å². The Morgan fingerprint density at radius 3 is 2.83 bits per heavy atom. The fourth-order valence-electron chi connectivity index (χ4n) is 2.44. The lowest BCUT2D eigenvalue weighted by molar-refractivity contribution is -0.149. The van der Waals surface area contributed by atoms with Crippen LogP contribution in [0.1, 0.15) is 19.4 Å². The Labute approximate surface area is 138 Å². The molecule has 0 fully saturated rings. The number of rotatable bonds is 7. The molecule has 0 bridgehead atoms. The van der Waals surface area contributed by atoms with Crippen molar-refractivity contribution in [2.24, 2.45) is 0 Å². The van der Waals surface area contributed by atoms with E-state index in [1.807, 2.05) is 6.07 Å². The third-order valence-corrected chi connectivity index (χ3v) is 3.75. The highest BCUT2D eigenvalue weighted by Crippen LogP contribution is 2.17. The van der Waals surface area contributed by atoms with Gasteiger partial charge in [0.25, 0.3) is 0 Å². The average molecular weight is 332 g/mol. The molecule has 3 N–H and O–H groups in total. The number of carbonyl (C=O) groups excluding carboxylic acids is 2. The summed E-state index contributed by atoms with van der Waals surface area (Å²) in [5.74, 6) is -1.64. The van der Waals surface area contributed by atoms with Crippen LogP contribution >= 0.6 is 0 Å². The maximum absolute atomic E-state index is 12.6. The summed E-state index contributed by atoms with van der Waals surface area (Å²) in [4.78, 5) is 43.2. The summed E-state index contributed by atoms with van der Waals surface area (Å²) in [6.07, 6.45) is 3.41. The van der Waals surface area contributed by atoms with Gasteiger partial charge in [-0.15, -0.1) is 0 Å². The van der Waals surface area contributed by atoms with Crippen molar-refractivity contribution in [3.8, 4) is 0 Å². The van der Waals surface area contributed by atoms with Gasteiger partial charge in [-0.3, -0.25) is 9.59 Å². The number of fused-ring (bicyclic) bond motifs is 1. The first kappa shape index (κ1) is 17.5. The lowest BCUT2D eigenvalue weighted by Gasteiger charge is -2.26. The summed E-state index contributed by atoms with van der Waals surface area (Å²) in [6, 6.07) is 2.65. The van der Waals surface area contributed by atoms with Gasteiger partial charge < -0.3 is 20.3 Å². The monoisotopic (exact) mass is 332 g/mol. The van der Waals surface area contributed by atoms with Crippen LogP contribution < -0.4 is 5.32 Å². The van der Waals surface area contributed by atoms with Gasteiger partial charge >= 0.3 is 5.97 Å². The Bertz CT molecular complexity index is 755. The summed E-state index contributed by atoms with van der Waals surface area (Å²) in [5.41, 5.74) is 1.43. The van der Waals surface area contributed by atoms with Gasteiger partial charge in [0.15, 0.2) is 0 Å². The SMILES string of the molecule is CC(=O)NCCN(C(=O)Cc1c[nH]c2ncccc12)C(C)C(=O)O. The van der Waals surface area contributed by atoms with Crippen molar-refractivity contribution in [3.63, 3.8) is 0 Å². The maximum Gasteiger partial charge on any atom is 0.326 e. The predicted molar refractivity (Wildman–Crippen MR) is 87.3 cm³/mol. The van der Waals surface area contributed by atoms with Crippen molar-refractivity contribution in [2.45, 2.75) is 26.3 Å². The van der Waals surface area contributed by atoms with Crippen molar-refractivity contribution in [3.05, 3.63) is 30.1 Å². The Hall–Kier alpha value is -2.90. The minimum absolute atomic E-state index is 0.0589. The molecule has 0 aliphatic rings. The molecule has 1 unspecified atom stereocenters. The number of amides is 2. The second-order valence-corrected chi connectivity index (χ2v) is 5.47. The number of carbonyl (C=O) groups is 3. The molecule has 0 saturated heterocycles. The smallest absolute Gasteiger partial charge is 0.326 e. The molecule has 0 aromatic carbocycles. The van der Waals surface area contributed by atoms with Crippen molar-refractivity contribution < 1.29 is 19.5 Å². The van der Waals surface area contributed by atoms with Crippen LogP contribution in [-0.2, 0) is 20.8 Å². The molecule has 2 aromatic heterocycles. The van der Waals surface area contributed by atoms with Crippen molar-refractivity contribution >= 4 is 28.8 Å². The molecule has 2 rings (SSSR count). The molecule has 2 aromatic rings. The van der Waals surface area contributed by atoms with Gasteiger partial charge in [0.2, 0.25) is 11.8 Å². The zero-order chi connectivity index (χ0) is 17.7. The van der Waals surface area contributed by atoms with Gasteiger partial charge in [0.1, 0.15) is 11.7 Å². The van der Waals surface area contributed by atoms with E-state index in [9.17, 15) is 19.5 Å². The molecule has 1 atom stereocenters. The second-order valence-electron chi connectivity index (χ2n) is 5.47. The normalized spacial score (nSPS) is 11.9. The van der Waals surface area contributed by atoms with Gasteiger partial charge in [-0.1, -0.05) is 0 Å². The molecule has 2 amide bonds. The highest BCUT2D eigenvalue weighted by molar-refractivity contribution is 5.89. The number of hydrogen-bond acceptors (Lipinski definition) is 4. The number of hydrogen-bond donors (Lipinski definition) is 3. The lowest BCUT2D eigenvalue weighted by Crippen LogP contribution is -2.47. The van der Waals surface area contributed by atoms with Crippen LogP contribution in [0.2, 0.25) is 0 Å². The van der Waals surface area contributed by atoms with Crippen molar-refractivity contribution in [2.75, 3.05) is 13.1 Å². The zero-order valence-corrected chi connectivity index (χ0v) is 13.6. The van der Waals surface area contributed by atoms with E-state index >= 15 is 0 Å². The van der Waals surface area contributed by atoms with E-state index in [0.29, 0.717) is 5.65 Å². The van der Waals surface area contributed by atoms with E-state index in [1.54, 1.807) is 18.5 Å². The number of aromatic amines is 1. The van der Waals surface area contributed by atoms with E-state index in [1.165, 1.54) is 18.7 Å². The quantitative estimate of drug-likeness (QED) is 0.684. The van der Waals surface area contributed by atoms with Crippen LogP contribution in [0.3, 0.4) is 0 Å². The molecular weight excluding hydrogens is 312 g/mol. The number of aromatic nitrogens is 2. The van der Waals surface area contributed by atoms with E-state index in [0.717, 1.165) is 10.9 Å². The Morgan fingerprint density at radius 2 is 2.17 bits per heavy atom. The van der Waals surface area contributed by atoms with E-state index in [4.69, 9.17) is 0 Å². The van der Waals surface area contributed by atoms with E-state index in [2.05, 4.69) is 15.3 Å². The topological polar surface area (TPSA) is 115 Å². The third-order valence-electron chi connectivity index (χ3n) is 3.75. The summed E-state index contributed by atoms with van der Waals surface area (Å²) in [7, 11) is 0. The van der Waals surface area contributed by atoms with Gasteiger partial charge in [-0.25, -0.2) is 9.78 Å². The standard InChI is InChI=1S/C16H20N4O4/c1-10(16(23)24)20(7-6-17-11(2)21)14(22)8-12-9-19-15-13(12)4-3-5-18-15/h3-5,9-10H,6-8H2,1-2H3,(H,17,21)(H,18,19)(H,23,24). The summed E-state index contributed by atoms with van der Waals surface area (Å²) in [5, 5.41) is 12.6. The van der Waals surface area contributed by atoms with Gasteiger partial charge in [0, 0.05) is 37.8 Å². The van der Waals surface area contributed by atoms with E-state index < -0.39 is 12.0 Å². The fourth-order valence-corrected chi connectivity index (χ4v) is 2.44. The van der Waals surface area contributed by atoms with Crippen LogP contribution in [-0.4, -0.2) is 56.9 Å². The second kappa shape index (κ2) is 7.58. The largest absolute Gasteiger partial charge is 0.480 e. The average Bonchev–Trinajstić information content (AvgIpc) is 2.93. The zero-order valence-electron chi connectivity index (χ0n) is 13.6. The van der Waals surface area contributed by atoms with Crippen molar-refractivity contribution in [1.29, 1.82) is 0 Å². The molecule has 0 saturated carbocycles. The van der Waals surface area contributed by atoms with Crippen LogP contribution in [0, 0.1) is 0 Å². The lowest BCUT2D eigenvalue weighted by atomic mass is 10.1. The third kappa shape index (κ3) is 4.09. The molecule has 128 valence electrons. The van der Waals surface area contributed by atoms with Crippen LogP contribution in [0.15, 0.2) is 24.5 Å². The Morgan fingerprint density at radius 1 is 1.42 bits per heavy atom.